The van der Waals surface area contributed by atoms with Crippen molar-refractivity contribution in [3.8, 4) is 0 Å². The molecule has 1 aliphatic rings. The second-order valence-corrected chi connectivity index (χ2v) is 8.12. The number of benzene rings is 1. The van der Waals surface area contributed by atoms with Crippen LogP contribution in [0.25, 0.3) is 0 Å². The first-order valence-corrected chi connectivity index (χ1v) is 10.6. The summed E-state index contributed by atoms with van der Waals surface area (Å²) < 4.78 is 4.54. The lowest BCUT2D eigenvalue weighted by Crippen LogP contribution is -2.32. The van der Waals surface area contributed by atoms with Gasteiger partial charge in [0.25, 0.3) is 0 Å². The molecule has 158 valence electrons. The van der Waals surface area contributed by atoms with E-state index in [2.05, 4.69) is 35.9 Å². The smallest absolute Gasteiger partial charge is 0.306 e. The molecule has 0 bridgehead atoms. The molecule has 1 aromatic rings. The summed E-state index contributed by atoms with van der Waals surface area (Å²) in [5.74, 6) is -0.912. The van der Waals surface area contributed by atoms with E-state index in [0.29, 0.717) is 18.6 Å². The SMILES string of the molecule is CCOC.Cc1ccc(CCCCC(=O)C2(C[C@@H](C)C(=O)O)CCCC2)cc1. The van der Waals surface area contributed by atoms with Crippen LogP contribution in [0.5, 0.6) is 0 Å². The number of methoxy groups -OCH3 is 1. The lowest BCUT2D eigenvalue weighted by molar-refractivity contribution is -0.143. The van der Waals surface area contributed by atoms with Gasteiger partial charge in [-0.3, -0.25) is 9.59 Å². The molecule has 2 rings (SSSR count). The van der Waals surface area contributed by atoms with Crippen molar-refractivity contribution in [2.75, 3.05) is 13.7 Å². The molecule has 28 heavy (non-hydrogen) atoms. The van der Waals surface area contributed by atoms with Gasteiger partial charge in [-0.25, -0.2) is 0 Å². The molecule has 1 atom stereocenters. The molecule has 1 saturated carbocycles. The third-order valence-electron chi connectivity index (χ3n) is 5.80. The summed E-state index contributed by atoms with van der Waals surface area (Å²) in [4.78, 5) is 24.0. The van der Waals surface area contributed by atoms with E-state index in [1.165, 1.54) is 11.1 Å². The largest absolute Gasteiger partial charge is 0.481 e. The van der Waals surface area contributed by atoms with Gasteiger partial charge in [0.05, 0.1) is 5.92 Å². The summed E-state index contributed by atoms with van der Waals surface area (Å²) in [6, 6.07) is 8.57. The average molecular weight is 391 g/mol. The Kier molecular flexibility index (Phi) is 11.1. The van der Waals surface area contributed by atoms with E-state index < -0.39 is 11.9 Å². The van der Waals surface area contributed by atoms with E-state index in [1.807, 2.05) is 6.92 Å². The van der Waals surface area contributed by atoms with Crippen LogP contribution in [0, 0.1) is 18.3 Å². The minimum Gasteiger partial charge on any atom is -0.481 e. The van der Waals surface area contributed by atoms with E-state index in [9.17, 15) is 14.7 Å². The van der Waals surface area contributed by atoms with E-state index in [-0.39, 0.29) is 5.41 Å². The number of ether oxygens (including phenoxy) is 1. The maximum absolute atomic E-state index is 12.8. The number of hydrogen-bond donors (Lipinski definition) is 1. The van der Waals surface area contributed by atoms with Gasteiger partial charge in [0.1, 0.15) is 5.78 Å². The first-order valence-electron chi connectivity index (χ1n) is 10.6. The zero-order chi connectivity index (χ0) is 21.0. The van der Waals surface area contributed by atoms with Crippen LogP contribution in [0.4, 0.5) is 0 Å². The molecule has 1 N–H and O–H groups in total. The summed E-state index contributed by atoms with van der Waals surface area (Å²) in [5.41, 5.74) is 2.23. The van der Waals surface area contributed by atoms with Crippen LogP contribution in [-0.2, 0) is 20.7 Å². The van der Waals surface area contributed by atoms with Gasteiger partial charge < -0.3 is 9.84 Å². The summed E-state index contributed by atoms with van der Waals surface area (Å²) in [6.45, 7) is 6.59. The van der Waals surface area contributed by atoms with E-state index >= 15 is 0 Å². The van der Waals surface area contributed by atoms with E-state index in [1.54, 1.807) is 14.0 Å². The fourth-order valence-electron chi connectivity index (χ4n) is 3.96. The number of hydrogen-bond acceptors (Lipinski definition) is 3. The highest BCUT2D eigenvalue weighted by atomic mass is 16.5. The maximum Gasteiger partial charge on any atom is 0.306 e. The van der Waals surface area contributed by atoms with E-state index in [0.717, 1.165) is 51.6 Å². The zero-order valence-corrected chi connectivity index (χ0v) is 18.1. The number of carboxylic acids is 1. The van der Waals surface area contributed by atoms with Crippen molar-refractivity contribution in [2.45, 2.75) is 78.6 Å². The predicted molar refractivity (Wildman–Crippen MR) is 114 cm³/mol. The Bertz CT molecular complexity index is 583. The minimum atomic E-state index is -0.784. The predicted octanol–water partition coefficient (Wildman–Crippen LogP) is 5.60. The Morgan fingerprint density at radius 2 is 1.71 bits per heavy atom. The molecular weight excluding hydrogens is 352 g/mol. The van der Waals surface area contributed by atoms with Gasteiger partial charge in [0.15, 0.2) is 0 Å². The Morgan fingerprint density at radius 3 is 2.21 bits per heavy atom. The number of carbonyl (C=O) groups excluding carboxylic acids is 1. The highest BCUT2D eigenvalue weighted by Crippen LogP contribution is 2.45. The van der Waals surface area contributed by atoms with Crippen molar-refractivity contribution >= 4 is 11.8 Å². The molecule has 0 unspecified atom stereocenters. The second-order valence-electron chi connectivity index (χ2n) is 8.12. The van der Waals surface area contributed by atoms with Crippen LogP contribution in [0.1, 0.15) is 76.3 Å². The number of Topliss-reactive ketones (excluding diaryl/α,β-unsaturated/α-hetero) is 1. The number of ketones is 1. The van der Waals surface area contributed by atoms with Crippen molar-refractivity contribution in [1.29, 1.82) is 0 Å². The number of carboxylic acid groups (broad SMARTS) is 1. The molecule has 1 aromatic carbocycles. The highest BCUT2D eigenvalue weighted by molar-refractivity contribution is 5.85. The van der Waals surface area contributed by atoms with Gasteiger partial charge >= 0.3 is 5.97 Å². The zero-order valence-electron chi connectivity index (χ0n) is 18.1. The number of aryl methyl sites for hydroxylation is 2. The molecule has 0 aliphatic heterocycles. The fourth-order valence-corrected chi connectivity index (χ4v) is 3.96. The third kappa shape index (κ3) is 8.14. The molecule has 1 fully saturated rings. The molecule has 0 spiro atoms. The normalized spacial score (nSPS) is 16.1. The minimum absolute atomic E-state index is 0.303. The molecule has 1 aliphatic carbocycles. The molecule has 4 nitrogen and oxygen atoms in total. The number of carbonyl (C=O) groups is 2. The molecular formula is C24H38O4. The van der Waals surface area contributed by atoms with Crippen LogP contribution in [0.15, 0.2) is 24.3 Å². The molecule has 0 aromatic heterocycles. The number of aliphatic carboxylic acids is 1. The van der Waals surface area contributed by atoms with E-state index in [4.69, 9.17) is 0 Å². The quantitative estimate of drug-likeness (QED) is 0.528. The lowest BCUT2D eigenvalue weighted by atomic mass is 9.73. The fraction of sp³-hybridized carbons (Fsp3) is 0.667. The Morgan fingerprint density at radius 1 is 1.14 bits per heavy atom. The van der Waals surface area contributed by atoms with Crippen molar-refractivity contribution in [2.24, 2.45) is 11.3 Å². The number of rotatable bonds is 10. The standard InChI is InChI=1S/C21H30O3.C3H8O/c1-16-9-11-18(12-10-16)7-3-4-8-19(22)21(13-5-6-14-21)15-17(2)20(23)24;1-3-4-2/h9-12,17H,3-8,13-15H2,1-2H3,(H,23,24);3H2,1-2H3/t17-;/m1./s1. The van der Waals surface area contributed by atoms with Gasteiger partial charge in [-0.1, -0.05) is 49.6 Å². The van der Waals surface area contributed by atoms with Crippen molar-refractivity contribution in [3.63, 3.8) is 0 Å². The van der Waals surface area contributed by atoms with Gasteiger partial charge in [0, 0.05) is 25.6 Å². The molecule has 0 amide bonds. The number of unbranched alkanes of at least 4 members (excludes halogenated alkanes) is 1. The summed E-state index contributed by atoms with van der Waals surface area (Å²) in [5, 5.41) is 9.19. The van der Waals surface area contributed by atoms with Crippen LogP contribution in [-0.4, -0.2) is 30.6 Å². The Hall–Kier alpha value is -1.68. The van der Waals surface area contributed by atoms with Crippen LogP contribution in [0.2, 0.25) is 0 Å². The Balaban J connectivity index is 0.000000892. The van der Waals surface area contributed by atoms with Crippen molar-refractivity contribution < 1.29 is 19.4 Å². The van der Waals surface area contributed by atoms with Crippen molar-refractivity contribution in [1.82, 2.24) is 0 Å². The van der Waals surface area contributed by atoms with Crippen LogP contribution >= 0.6 is 0 Å². The van der Waals surface area contributed by atoms with Gasteiger partial charge in [-0.15, -0.1) is 0 Å². The van der Waals surface area contributed by atoms with Gasteiger partial charge in [-0.05, 0) is 57.9 Å². The summed E-state index contributed by atoms with van der Waals surface area (Å²) >= 11 is 0. The summed E-state index contributed by atoms with van der Waals surface area (Å²) in [7, 11) is 1.68. The molecule has 4 heteroatoms. The second kappa shape index (κ2) is 12.7. The average Bonchev–Trinajstić information content (AvgIpc) is 3.16. The van der Waals surface area contributed by atoms with Gasteiger partial charge in [-0.2, -0.15) is 0 Å². The Labute approximate surface area is 170 Å². The maximum atomic E-state index is 12.8. The molecule has 0 radical (unpaired) electrons. The summed E-state index contributed by atoms with van der Waals surface area (Å²) in [6.07, 6.45) is 7.89. The molecule has 0 heterocycles. The van der Waals surface area contributed by atoms with Gasteiger partial charge in [0.2, 0.25) is 0 Å². The first-order chi connectivity index (χ1) is 13.3. The molecule has 0 saturated heterocycles. The van der Waals surface area contributed by atoms with Crippen LogP contribution in [0.3, 0.4) is 0 Å². The van der Waals surface area contributed by atoms with Crippen molar-refractivity contribution in [3.05, 3.63) is 35.4 Å². The van der Waals surface area contributed by atoms with Crippen LogP contribution < -0.4 is 0 Å². The first kappa shape index (κ1) is 24.4. The lowest BCUT2D eigenvalue weighted by Gasteiger charge is -2.29. The monoisotopic (exact) mass is 390 g/mol. The highest BCUT2D eigenvalue weighted by Gasteiger charge is 2.42. The third-order valence-corrected chi connectivity index (χ3v) is 5.80. The topological polar surface area (TPSA) is 63.6 Å².